The number of hydrogen-bond acceptors (Lipinski definition) is 4. The lowest BCUT2D eigenvalue weighted by molar-refractivity contribution is 0.0151. The largest absolute Gasteiger partial charge is 0.488 e. The third-order valence-electron chi connectivity index (χ3n) is 3.33. The van der Waals surface area contributed by atoms with Crippen molar-refractivity contribution >= 4 is 12.6 Å². The SMILES string of the molecule is OB(O)c1ccc(COCC2CCOCC2)c(F)c1. The second kappa shape index (κ2) is 7.00. The van der Waals surface area contributed by atoms with E-state index in [1.54, 1.807) is 0 Å². The molecule has 1 fully saturated rings. The van der Waals surface area contributed by atoms with Gasteiger partial charge >= 0.3 is 7.12 Å². The summed E-state index contributed by atoms with van der Waals surface area (Å²) >= 11 is 0. The Morgan fingerprint density at radius 1 is 1.32 bits per heavy atom. The van der Waals surface area contributed by atoms with Crippen LogP contribution in [0.3, 0.4) is 0 Å². The maximum absolute atomic E-state index is 13.7. The summed E-state index contributed by atoms with van der Waals surface area (Å²) in [5.41, 5.74) is 0.571. The van der Waals surface area contributed by atoms with Gasteiger partial charge in [-0.05, 0) is 30.3 Å². The minimum Gasteiger partial charge on any atom is -0.423 e. The van der Waals surface area contributed by atoms with Crippen molar-refractivity contribution in [3.8, 4) is 0 Å². The zero-order valence-electron chi connectivity index (χ0n) is 10.7. The smallest absolute Gasteiger partial charge is 0.423 e. The highest BCUT2D eigenvalue weighted by molar-refractivity contribution is 6.58. The predicted octanol–water partition coefficient (Wildman–Crippen LogP) is 0.449. The Morgan fingerprint density at radius 3 is 2.68 bits per heavy atom. The minimum atomic E-state index is -1.65. The van der Waals surface area contributed by atoms with Crippen LogP contribution in [0.15, 0.2) is 18.2 Å². The molecule has 0 spiro atoms. The van der Waals surface area contributed by atoms with Crippen molar-refractivity contribution in [2.24, 2.45) is 5.92 Å². The summed E-state index contributed by atoms with van der Waals surface area (Å²) in [6.45, 7) is 2.34. The number of benzene rings is 1. The van der Waals surface area contributed by atoms with Crippen molar-refractivity contribution in [2.45, 2.75) is 19.4 Å². The average Bonchev–Trinajstić information content (AvgIpc) is 2.41. The van der Waals surface area contributed by atoms with Crippen LogP contribution in [0.25, 0.3) is 0 Å². The predicted molar refractivity (Wildman–Crippen MR) is 69.4 cm³/mol. The Morgan fingerprint density at radius 2 is 2.05 bits per heavy atom. The Kier molecular flexibility index (Phi) is 5.33. The van der Waals surface area contributed by atoms with Gasteiger partial charge in [-0.1, -0.05) is 12.1 Å². The van der Waals surface area contributed by atoms with Crippen LogP contribution in [0.1, 0.15) is 18.4 Å². The summed E-state index contributed by atoms with van der Waals surface area (Å²) in [6.07, 6.45) is 1.97. The van der Waals surface area contributed by atoms with Crippen molar-refractivity contribution in [2.75, 3.05) is 19.8 Å². The Balaban J connectivity index is 1.82. The molecule has 1 heterocycles. The van der Waals surface area contributed by atoms with Gasteiger partial charge in [-0.25, -0.2) is 4.39 Å². The van der Waals surface area contributed by atoms with Gasteiger partial charge in [-0.2, -0.15) is 0 Å². The molecule has 2 N–H and O–H groups in total. The monoisotopic (exact) mass is 268 g/mol. The third-order valence-corrected chi connectivity index (χ3v) is 3.33. The molecule has 6 heteroatoms. The van der Waals surface area contributed by atoms with Crippen molar-refractivity contribution in [1.82, 2.24) is 0 Å². The second-order valence-electron chi connectivity index (χ2n) is 4.80. The van der Waals surface area contributed by atoms with Gasteiger partial charge < -0.3 is 19.5 Å². The first kappa shape index (κ1) is 14.5. The van der Waals surface area contributed by atoms with E-state index in [1.807, 2.05) is 0 Å². The molecule has 1 aromatic rings. The van der Waals surface area contributed by atoms with Gasteiger partial charge in [0.05, 0.1) is 13.2 Å². The second-order valence-corrected chi connectivity index (χ2v) is 4.80. The molecule has 0 aromatic heterocycles. The fourth-order valence-electron chi connectivity index (χ4n) is 2.09. The van der Waals surface area contributed by atoms with Gasteiger partial charge in [0, 0.05) is 18.8 Å². The van der Waals surface area contributed by atoms with E-state index >= 15 is 0 Å². The zero-order valence-corrected chi connectivity index (χ0v) is 10.7. The lowest BCUT2D eigenvalue weighted by Gasteiger charge is -2.21. The van der Waals surface area contributed by atoms with E-state index in [0.29, 0.717) is 18.1 Å². The summed E-state index contributed by atoms with van der Waals surface area (Å²) in [7, 11) is -1.65. The van der Waals surface area contributed by atoms with E-state index < -0.39 is 12.9 Å². The molecule has 0 amide bonds. The van der Waals surface area contributed by atoms with Gasteiger partial charge in [-0.3, -0.25) is 0 Å². The third kappa shape index (κ3) is 4.28. The van der Waals surface area contributed by atoms with Crippen LogP contribution in [0.4, 0.5) is 4.39 Å². The standard InChI is InChI=1S/C13H18BFO4/c15-13-7-12(14(16)17)2-1-11(13)9-19-8-10-3-5-18-6-4-10/h1-2,7,10,16-17H,3-6,8-9H2. The van der Waals surface area contributed by atoms with Gasteiger partial charge in [0.1, 0.15) is 5.82 Å². The van der Waals surface area contributed by atoms with E-state index in [0.717, 1.165) is 32.1 Å². The maximum Gasteiger partial charge on any atom is 0.488 e. The van der Waals surface area contributed by atoms with Gasteiger partial charge in [0.2, 0.25) is 0 Å². The van der Waals surface area contributed by atoms with Crippen LogP contribution in [-0.2, 0) is 16.1 Å². The van der Waals surface area contributed by atoms with Crippen molar-refractivity contribution in [1.29, 1.82) is 0 Å². The summed E-state index contributed by atoms with van der Waals surface area (Å²) < 4.78 is 24.4. The van der Waals surface area contributed by atoms with Crippen LogP contribution in [-0.4, -0.2) is 37.0 Å². The van der Waals surface area contributed by atoms with Gasteiger partial charge in [-0.15, -0.1) is 0 Å². The van der Waals surface area contributed by atoms with Crippen molar-refractivity contribution in [3.05, 3.63) is 29.6 Å². The van der Waals surface area contributed by atoms with Crippen LogP contribution in [0.5, 0.6) is 0 Å². The number of halogens is 1. The molecule has 1 aliphatic heterocycles. The van der Waals surface area contributed by atoms with Crippen LogP contribution in [0, 0.1) is 11.7 Å². The molecule has 104 valence electrons. The minimum absolute atomic E-state index is 0.144. The van der Waals surface area contributed by atoms with E-state index in [4.69, 9.17) is 19.5 Å². The van der Waals surface area contributed by atoms with Gasteiger partial charge in [0.15, 0.2) is 0 Å². The van der Waals surface area contributed by atoms with Gasteiger partial charge in [0.25, 0.3) is 0 Å². The lowest BCUT2D eigenvalue weighted by Crippen LogP contribution is -2.30. The molecule has 19 heavy (non-hydrogen) atoms. The Labute approximate surface area is 112 Å². The first-order valence-electron chi connectivity index (χ1n) is 6.47. The van der Waals surface area contributed by atoms with Crippen LogP contribution in [0.2, 0.25) is 0 Å². The molecule has 0 atom stereocenters. The fraction of sp³-hybridized carbons (Fsp3) is 0.538. The molecule has 4 nitrogen and oxygen atoms in total. The summed E-state index contributed by atoms with van der Waals surface area (Å²) in [5, 5.41) is 17.9. The highest BCUT2D eigenvalue weighted by atomic mass is 19.1. The lowest BCUT2D eigenvalue weighted by atomic mass is 9.80. The molecule has 0 unspecified atom stereocenters. The normalized spacial score (nSPS) is 16.6. The van der Waals surface area contributed by atoms with Crippen molar-refractivity contribution < 1.29 is 23.9 Å². The number of ether oxygens (including phenoxy) is 2. The Hall–Kier alpha value is -0.945. The first-order chi connectivity index (χ1) is 9.16. The Bertz CT molecular complexity index is 408. The van der Waals surface area contributed by atoms with Crippen LogP contribution < -0.4 is 5.46 Å². The first-order valence-corrected chi connectivity index (χ1v) is 6.47. The number of rotatable bonds is 5. The average molecular weight is 268 g/mol. The summed E-state index contributed by atoms with van der Waals surface area (Å²) in [5.74, 6) is 0.00734. The molecule has 0 aliphatic carbocycles. The quantitative estimate of drug-likeness (QED) is 0.761. The molecule has 1 saturated heterocycles. The van der Waals surface area contributed by atoms with E-state index in [2.05, 4.69) is 0 Å². The zero-order chi connectivity index (χ0) is 13.7. The molecule has 1 aromatic carbocycles. The highest BCUT2D eigenvalue weighted by Gasteiger charge is 2.15. The molecular formula is C13H18BFO4. The fourth-order valence-corrected chi connectivity index (χ4v) is 2.09. The molecule has 2 rings (SSSR count). The van der Waals surface area contributed by atoms with Crippen molar-refractivity contribution in [3.63, 3.8) is 0 Å². The molecule has 0 radical (unpaired) electrons. The number of hydrogen-bond donors (Lipinski definition) is 2. The van der Waals surface area contributed by atoms with E-state index in [1.165, 1.54) is 12.1 Å². The maximum atomic E-state index is 13.7. The summed E-state index contributed by atoms with van der Waals surface area (Å²) in [6, 6.07) is 4.13. The topological polar surface area (TPSA) is 58.9 Å². The molecular weight excluding hydrogens is 250 g/mol. The molecule has 1 aliphatic rings. The van der Waals surface area contributed by atoms with E-state index in [9.17, 15) is 4.39 Å². The van der Waals surface area contributed by atoms with E-state index in [-0.39, 0.29) is 12.1 Å². The summed E-state index contributed by atoms with van der Waals surface area (Å²) in [4.78, 5) is 0. The molecule has 0 saturated carbocycles. The molecule has 0 bridgehead atoms. The highest BCUT2D eigenvalue weighted by Crippen LogP contribution is 2.16. The van der Waals surface area contributed by atoms with Crippen LogP contribution >= 0.6 is 0 Å².